The van der Waals surface area contributed by atoms with Gasteiger partial charge in [-0.2, -0.15) is 0 Å². The molecule has 0 aromatic carbocycles. The van der Waals surface area contributed by atoms with Crippen molar-refractivity contribution in [1.82, 2.24) is 4.90 Å². The second-order valence-corrected chi connectivity index (χ2v) is 4.80. The van der Waals surface area contributed by atoms with Gasteiger partial charge in [0.1, 0.15) is 0 Å². The van der Waals surface area contributed by atoms with Gasteiger partial charge in [0.25, 0.3) is 0 Å². The summed E-state index contributed by atoms with van der Waals surface area (Å²) < 4.78 is 2.48. The summed E-state index contributed by atoms with van der Waals surface area (Å²) >= 11 is 2.80. The van der Waals surface area contributed by atoms with Crippen molar-refractivity contribution in [3.05, 3.63) is 11.8 Å². The van der Waals surface area contributed by atoms with E-state index in [2.05, 4.69) is 0 Å². The summed E-state index contributed by atoms with van der Waals surface area (Å²) in [5, 5.41) is 0. The number of aldehydes is 1. The number of rotatable bonds is 1. The van der Waals surface area contributed by atoms with E-state index < -0.39 is 0 Å². The van der Waals surface area contributed by atoms with Gasteiger partial charge in [0.05, 0.1) is 0 Å². The molecule has 0 fully saturated rings. The second kappa shape index (κ2) is 3.15. The van der Waals surface area contributed by atoms with E-state index >= 15 is 0 Å². The average Bonchev–Trinajstić information content (AvgIpc) is 2.17. The summed E-state index contributed by atoms with van der Waals surface area (Å²) in [4.78, 5) is 12.4. The van der Waals surface area contributed by atoms with Crippen molar-refractivity contribution in [3.8, 4) is 0 Å². The first-order valence-corrected chi connectivity index (χ1v) is 5.58. The van der Waals surface area contributed by atoms with E-state index in [0.717, 1.165) is 11.9 Å². The van der Waals surface area contributed by atoms with Gasteiger partial charge in [-0.25, -0.2) is 0 Å². The van der Waals surface area contributed by atoms with Crippen LogP contribution in [0.25, 0.3) is 0 Å². The fourth-order valence-electron chi connectivity index (χ4n) is 0.693. The van der Waals surface area contributed by atoms with Crippen molar-refractivity contribution in [2.24, 2.45) is 0 Å². The first kappa shape index (κ1) is 8.42. The molecule has 0 unspecified atom stereocenters. The average molecular weight is 475 g/mol. The predicted octanol–water partition coefficient (Wildman–Crippen LogP) is -0.589. The Morgan fingerprint density at radius 3 is 2.40 bits per heavy atom. The fraction of sp³-hybridized carbons (Fsp3) is 0.167. The first-order valence-electron chi connectivity index (χ1n) is 2.65. The van der Waals surface area contributed by atoms with E-state index in [1.54, 1.807) is 0 Å². The van der Waals surface area contributed by atoms with Crippen molar-refractivity contribution in [3.63, 3.8) is 0 Å². The third-order valence-electron chi connectivity index (χ3n) is 1.24. The molecule has 0 aromatic heterocycles. The molecule has 2 nitrogen and oxygen atoms in total. The number of carbonyl (C=O) groups is 1. The summed E-state index contributed by atoms with van der Waals surface area (Å²) in [7, 11) is 1.97. The molecule has 0 saturated carbocycles. The van der Waals surface area contributed by atoms with Crippen LogP contribution in [0.5, 0.6) is 0 Å². The van der Waals surface area contributed by atoms with Gasteiger partial charge < -0.3 is 0 Å². The Labute approximate surface area is 81.1 Å². The maximum atomic E-state index is 10.4. The third-order valence-corrected chi connectivity index (χ3v) is 6.56. The molecule has 10 heavy (non-hydrogen) atoms. The molecule has 0 saturated heterocycles. The summed E-state index contributed by atoms with van der Waals surface area (Å²) in [6.07, 6.45) is 2.81. The van der Waals surface area contributed by atoms with Crippen molar-refractivity contribution in [2.75, 3.05) is 7.05 Å². The van der Waals surface area contributed by atoms with Crippen LogP contribution in [0.1, 0.15) is 0 Å². The molecule has 0 aromatic rings. The Balaban J connectivity index is 2.99. The predicted molar refractivity (Wildman–Crippen MR) is 31.9 cm³/mol. The number of hydrogen-bond acceptors (Lipinski definition) is 2. The monoisotopic (exact) mass is 475 g/mol. The number of nitrogens with zero attached hydrogens (tertiary/aromatic N) is 1. The standard InChI is InChI=1S/C6H5NO.2W/c1-7-3-2-6(4-7)5-8;;/h4-5H,1H3;;. The van der Waals surface area contributed by atoms with Crippen LogP contribution in [0.15, 0.2) is 11.8 Å². The fourth-order valence-corrected chi connectivity index (χ4v) is 2.19. The van der Waals surface area contributed by atoms with Crippen LogP contribution >= 0.6 is 0 Å². The summed E-state index contributed by atoms with van der Waals surface area (Å²) in [5.74, 6) is 0. The molecule has 4 heteroatoms. The van der Waals surface area contributed by atoms with Crippen LogP contribution in [-0.2, 0) is 43.5 Å². The van der Waals surface area contributed by atoms with E-state index in [9.17, 15) is 4.79 Å². The zero-order valence-electron chi connectivity index (χ0n) is 5.33. The maximum absolute atomic E-state index is 10.4. The second-order valence-electron chi connectivity index (χ2n) is 1.95. The molecule has 0 N–H and O–H groups in total. The van der Waals surface area contributed by atoms with Crippen molar-refractivity contribution >= 4 is 14.2 Å². The van der Waals surface area contributed by atoms with E-state index in [4.69, 9.17) is 0 Å². The van der Waals surface area contributed by atoms with Gasteiger partial charge in [0.2, 0.25) is 0 Å². The van der Waals surface area contributed by atoms with E-state index in [1.807, 2.05) is 18.1 Å². The van der Waals surface area contributed by atoms with E-state index in [-0.39, 0.29) is 0 Å². The molecule has 52 valence electrons. The zero-order chi connectivity index (χ0) is 7.72. The number of hydrogen-bond donors (Lipinski definition) is 0. The van der Waals surface area contributed by atoms with Gasteiger partial charge in [-0.1, -0.05) is 0 Å². The van der Waals surface area contributed by atoms with Gasteiger partial charge in [-0.3, -0.25) is 0 Å². The van der Waals surface area contributed by atoms with Gasteiger partial charge in [-0.15, -0.1) is 0 Å². The molecule has 1 aliphatic rings. The van der Waals surface area contributed by atoms with Crippen molar-refractivity contribution < 1.29 is 43.5 Å². The Hall–Kier alpha value is 0.327. The molecular weight excluding hydrogens is 470 g/mol. The van der Waals surface area contributed by atoms with Crippen LogP contribution in [0.4, 0.5) is 0 Å². The van der Waals surface area contributed by atoms with E-state index in [1.165, 1.54) is 46.6 Å². The van der Waals surface area contributed by atoms with Gasteiger partial charge in [0, 0.05) is 0 Å². The summed E-state index contributed by atoms with van der Waals surface area (Å²) in [5.41, 5.74) is 0.850. The summed E-state index contributed by atoms with van der Waals surface area (Å²) in [6.45, 7) is 0. The minimum atomic E-state index is 0.850. The van der Waals surface area contributed by atoms with Crippen molar-refractivity contribution in [1.29, 1.82) is 0 Å². The summed E-state index contributed by atoms with van der Waals surface area (Å²) in [6, 6.07) is 0. The van der Waals surface area contributed by atoms with Gasteiger partial charge >= 0.3 is 81.4 Å². The van der Waals surface area contributed by atoms with Crippen LogP contribution in [-0.4, -0.2) is 26.2 Å². The molecular formula is C6H5NOW2. The molecule has 0 radical (unpaired) electrons. The van der Waals surface area contributed by atoms with Crippen LogP contribution < -0.4 is 0 Å². The minimum absolute atomic E-state index is 0.850. The zero-order valence-corrected chi connectivity index (χ0v) is 11.2. The quantitative estimate of drug-likeness (QED) is 0.474. The molecule has 0 spiro atoms. The molecule has 1 heterocycles. The molecule has 1 aliphatic heterocycles. The van der Waals surface area contributed by atoms with Crippen LogP contribution in [0, 0.1) is 0 Å². The van der Waals surface area contributed by atoms with Crippen LogP contribution in [0.3, 0.4) is 0 Å². The normalized spacial score (nSPS) is 17.7. The molecule has 0 atom stereocenters. The van der Waals surface area contributed by atoms with Gasteiger partial charge in [0.15, 0.2) is 0 Å². The molecule has 0 amide bonds. The van der Waals surface area contributed by atoms with Gasteiger partial charge in [-0.05, 0) is 0 Å². The Morgan fingerprint density at radius 1 is 1.60 bits per heavy atom. The molecule has 0 aliphatic carbocycles. The third kappa shape index (κ3) is 1.33. The van der Waals surface area contributed by atoms with Crippen molar-refractivity contribution in [2.45, 2.75) is 0 Å². The topological polar surface area (TPSA) is 20.3 Å². The number of carbonyl (C=O) groups excluding carboxylic acids is 1. The Bertz CT molecular complexity index is 244. The molecule has 1 rings (SSSR count). The van der Waals surface area contributed by atoms with E-state index in [0.29, 0.717) is 0 Å². The first-order chi connectivity index (χ1) is 4.66. The SMILES string of the molecule is CN1C=C(C=O)[C](=[W])[C]1=[W]. The Kier molecular flexibility index (Phi) is 2.65. The Morgan fingerprint density at radius 2 is 2.20 bits per heavy atom. The molecule has 0 bridgehead atoms. The van der Waals surface area contributed by atoms with Crippen LogP contribution in [0.2, 0.25) is 0 Å².